The van der Waals surface area contributed by atoms with E-state index in [1.807, 2.05) is 11.4 Å². The van der Waals surface area contributed by atoms with Crippen LogP contribution in [0, 0.1) is 0 Å². The summed E-state index contributed by atoms with van der Waals surface area (Å²) in [5, 5.41) is 14.4. The predicted octanol–water partition coefficient (Wildman–Crippen LogP) is 0.796. The van der Waals surface area contributed by atoms with Crippen LogP contribution in [0.25, 0.3) is 0 Å². The Morgan fingerprint density at radius 1 is 1.33 bits per heavy atom. The minimum absolute atomic E-state index is 0.235. The lowest BCUT2D eigenvalue weighted by Crippen LogP contribution is -2.26. The van der Waals surface area contributed by atoms with E-state index in [1.165, 1.54) is 5.56 Å². The zero-order valence-electron chi connectivity index (χ0n) is 9.59. The van der Waals surface area contributed by atoms with Crippen molar-refractivity contribution in [2.24, 2.45) is 5.84 Å². The summed E-state index contributed by atoms with van der Waals surface area (Å²) in [6.07, 6.45) is 0.811. The number of hydrogen-bond donors (Lipinski definition) is 3. The average molecular weight is 263 g/mol. The number of rotatable bonds is 5. The standard InChI is InChI=1S/C11H13N5OS/c12-14-10-2-1-9(15-16-10)11(17)13-5-3-8-4-6-18-7-8/h1-2,4,6-7H,3,5,12H2,(H,13,17)(H,14,16). The van der Waals surface area contributed by atoms with Gasteiger partial charge in [0.05, 0.1) is 0 Å². The van der Waals surface area contributed by atoms with E-state index in [-0.39, 0.29) is 11.6 Å². The van der Waals surface area contributed by atoms with E-state index in [2.05, 4.69) is 26.3 Å². The Morgan fingerprint density at radius 3 is 2.83 bits per heavy atom. The van der Waals surface area contributed by atoms with Gasteiger partial charge in [0.2, 0.25) is 0 Å². The maximum atomic E-state index is 11.7. The molecule has 0 radical (unpaired) electrons. The number of nitrogens with two attached hydrogens (primary N) is 1. The Bertz CT molecular complexity index is 497. The molecule has 0 aromatic carbocycles. The number of hydrazine groups is 1. The summed E-state index contributed by atoms with van der Waals surface area (Å²) in [5.74, 6) is 5.34. The highest BCUT2D eigenvalue weighted by atomic mass is 32.1. The number of nitrogen functional groups attached to an aromatic ring is 1. The summed E-state index contributed by atoms with van der Waals surface area (Å²) in [6, 6.07) is 5.21. The first-order valence-electron chi connectivity index (χ1n) is 5.39. The van der Waals surface area contributed by atoms with Crippen LogP contribution in [0.3, 0.4) is 0 Å². The van der Waals surface area contributed by atoms with Crippen molar-refractivity contribution >= 4 is 23.1 Å². The highest BCUT2D eigenvalue weighted by Crippen LogP contribution is 2.06. The maximum absolute atomic E-state index is 11.7. The summed E-state index contributed by atoms with van der Waals surface area (Å²) < 4.78 is 0. The lowest BCUT2D eigenvalue weighted by atomic mass is 10.2. The SMILES string of the molecule is NNc1ccc(C(=O)NCCc2ccsc2)nn1. The van der Waals surface area contributed by atoms with E-state index < -0.39 is 0 Å². The molecule has 0 unspecified atom stereocenters. The summed E-state index contributed by atoms with van der Waals surface area (Å²) in [7, 11) is 0. The van der Waals surface area contributed by atoms with E-state index >= 15 is 0 Å². The molecule has 0 atom stereocenters. The molecule has 94 valence electrons. The summed E-state index contributed by atoms with van der Waals surface area (Å²) in [6.45, 7) is 0.578. The van der Waals surface area contributed by atoms with Gasteiger partial charge in [0.1, 0.15) is 0 Å². The van der Waals surface area contributed by atoms with Crippen LogP contribution >= 0.6 is 11.3 Å². The van der Waals surface area contributed by atoms with Gasteiger partial charge in [-0.05, 0) is 40.9 Å². The molecule has 0 aliphatic rings. The molecule has 0 aliphatic heterocycles. The number of hydrogen-bond acceptors (Lipinski definition) is 6. The Hall–Kier alpha value is -1.99. The molecule has 0 saturated carbocycles. The minimum Gasteiger partial charge on any atom is -0.350 e. The van der Waals surface area contributed by atoms with Gasteiger partial charge in [0, 0.05) is 6.54 Å². The van der Waals surface area contributed by atoms with Gasteiger partial charge < -0.3 is 10.7 Å². The lowest BCUT2D eigenvalue weighted by molar-refractivity contribution is 0.0948. The number of thiophene rings is 1. The Morgan fingerprint density at radius 2 is 2.22 bits per heavy atom. The zero-order valence-corrected chi connectivity index (χ0v) is 10.4. The highest BCUT2D eigenvalue weighted by molar-refractivity contribution is 7.07. The third kappa shape index (κ3) is 3.25. The van der Waals surface area contributed by atoms with Crippen molar-refractivity contribution in [1.29, 1.82) is 0 Å². The van der Waals surface area contributed by atoms with E-state index in [0.717, 1.165) is 6.42 Å². The second-order valence-corrected chi connectivity index (χ2v) is 4.37. The van der Waals surface area contributed by atoms with Crippen molar-refractivity contribution in [2.75, 3.05) is 12.0 Å². The smallest absolute Gasteiger partial charge is 0.271 e. The van der Waals surface area contributed by atoms with Gasteiger partial charge in [0.15, 0.2) is 11.5 Å². The second-order valence-electron chi connectivity index (χ2n) is 3.59. The molecular formula is C11H13N5OS. The topological polar surface area (TPSA) is 92.9 Å². The fourth-order valence-electron chi connectivity index (χ4n) is 1.38. The fraction of sp³-hybridized carbons (Fsp3) is 0.182. The van der Waals surface area contributed by atoms with Crippen LogP contribution in [-0.2, 0) is 6.42 Å². The Balaban J connectivity index is 1.83. The highest BCUT2D eigenvalue weighted by Gasteiger charge is 2.07. The molecule has 0 spiro atoms. The molecule has 2 aromatic rings. The number of carbonyl (C=O) groups excluding carboxylic acids is 1. The second kappa shape index (κ2) is 6.08. The van der Waals surface area contributed by atoms with Crippen LogP contribution in [0.2, 0.25) is 0 Å². The number of amides is 1. The number of aromatic nitrogens is 2. The molecule has 6 nitrogen and oxygen atoms in total. The van der Waals surface area contributed by atoms with Gasteiger partial charge in [-0.2, -0.15) is 11.3 Å². The lowest BCUT2D eigenvalue weighted by Gasteiger charge is -2.03. The van der Waals surface area contributed by atoms with Crippen LogP contribution < -0.4 is 16.6 Å². The molecule has 2 rings (SSSR count). The molecule has 18 heavy (non-hydrogen) atoms. The van der Waals surface area contributed by atoms with Crippen LogP contribution in [0.4, 0.5) is 5.82 Å². The fourth-order valence-corrected chi connectivity index (χ4v) is 2.08. The minimum atomic E-state index is -0.235. The van der Waals surface area contributed by atoms with Gasteiger partial charge in [0.25, 0.3) is 5.91 Å². The molecule has 2 heterocycles. The molecule has 1 amide bonds. The summed E-state index contributed by atoms with van der Waals surface area (Å²) >= 11 is 1.65. The molecule has 0 aliphatic carbocycles. The predicted molar refractivity (Wildman–Crippen MR) is 70.2 cm³/mol. The Labute approximate surface area is 108 Å². The summed E-state index contributed by atoms with van der Waals surface area (Å²) in [4.78, 5) is 11.7. The average Bonchev–Trinajstić information content (AvgIpc) is 2.92. The number of carbonyl (C=O) groups is 1. The first-order chi connectivity index (χ1) is 8.79. The van der Waals surface area contributed by atoms with Crippen LogP contribution in [-0.4, -0.2) is 22.6 Å². The largest absolute Gasteiger partial charge is 0.350 e. The van der Waals surface area contributed by atoms with Gasteiger partial charge in [-0.3, -0.25) is 4.79 Å². The first-order valence-corrected chi connectivity index (χ1v) is 6.33. The van der Waals surface area contributed by atoms with Gasteiger partial charge >= 0.3 is 0 Å². The van der Waals surface area contributed by atoms with Crippen LogP contribution in [0.1, 0.15) is 16.1 Å². The molecule has 0 bridgehead atoms. The van der Waals surface area contributed by atoms with Gasteiger partial charge in [-0.25, -0.2) is 5.84 Å². The van der Waals surface area contributed by atoms with E-state index in [0.29, 0.717) is 12.4 Å². The quantitative estimate of drug-likeness (QED) is 0.548. The zero-order chi connectivity index (χ0) is 12.8. The van der Waals surface area contributed by atoms with Crippen molar-refractivity contribution in [3.05, 3.63) is 40.2 Å². The number of nitrogens with one attached hydrogen (secondary N) is 2. The van der Waals surface area contributed by atoms with Crippen LogP contribution in [0.15, 0.2) is 29.0 Å². The number of anilines is 1. The van der Waals surface area contributed by atoms with Crippen LogP contribution in [0.5, 0.6) is 0 Å². The Kier molecular flexibility index (Phi) is 4.21. The molecular weight excluding hydrogens is 250 g/mol. The van der Waals surface area contributed by atoms with E-state index in [9.17, 15) is 4.79 Å². The third-order valence-electron chi connectivity index (χ3n) is 2.32. The van der Waals surface area contributed by atoms with Crippen molar-refractivity contribution < 1.29 is 4.79 Å². The normalized spacial score (nSPS) is 10.1. The molecule has 7 heteroatoms. The van der Waals surface area contributed by atoms with Crippen molar-refractivity contribution in [2.45, 2.75) is 6.42 Å². The van der Waals surface area contributed by atoms with Gasteiger partial charge in [-0.15, -0.1) is 10.2 Å². The van der Waals surface area contributed by atoms with Crippen molar-refractivity contribution in [3.8, 4) is 0 Å². The van der Waals surface area contributed by atoms with Gasteiger partial charge in [-0.1, -0.05) is 0 Å². The first kappa shape index (κ1) is 12.5. The van der Waals surface area contributed by atoms with Crippen molar-refractivity contribution in [3.63, 3.8) is 0 Å². The summed E-state index contributed by atoms with van der Waals surface area (Å²) in [5.41, 5.74) is 3.84. The number of nitrogens with zero attached hydrogens (tertiary/aromatic N) is 2. The molecule has 0 fully saturated rings. The van der Waals surface area contributed by atoms with E-state index in [4.69, 9.17) is 5.84 Å². The molecule has 2 aromatic heterocycles. The van der Waals surface area contributed by atoms with Crippen molar-refractivity contribution in [1.82, 2.24) is 15.5 Å². The van der Waals surface area contributed by atoms with E-state index in [1.54, 1.807) is 23.5 Å². The molecule has 0 saturated heterocycles. The molecule has 4 N–H and O–H groups in total. The maximum Gasteiger partial charge on any atom is 0.271 e. The monoisotopic (exact) mass is 263 g/mol. The third-order valence-corrected chi connectivity index (χ3v) is 3.06.